The minimum absolute atomic E-state index is 0.333. The van der Waals surface area contributed by atoms with E-state index in [1.54, 1.807) is 0 Å². The molecule has 4 nitrogen and oxygen atoms in total. The quantitative estimate of drug-likeness (QED) is 0.283. The fraction of sp³-hybridized carbons (Fsp3) is 0.611. The molecule has 132 valence electrons. The van der Waals surface area contributed by atoms with Crippen molar-refractivity contribution in [1.82, 2.24) is 0 Å². The zero-order valence-electron chi connectivity index (χ0n) is 14.3. The number of rotatable bonds is 10. The molecule has 0 heterocycles. The van der Waals surface area contributed by atoms with E-state index in [2.05, 4.69) is 12.6 Å². The molecule has 0 amide bonds. The average molecular weight is 341 g/mol. The van der Waals surface area contributed by atoms with Crippen LogP contribution in [0.1, 0.15) is 63.4 Å². The second-order valence-electron chi connectivity index (χ2n) is 5.83. The number of benzene rings is 1. The highest BCUT2D eigenvalue weighted by Gasteiger charge is 1.96. The maximum Gasteiger partial charge on any atom is 0.303 e. The fourth-order valence-corrected chi connectivity index (χ4v) is 2.37. The van der Waals surface area contributed by atoms with Crippen molar-refractivity contribution in [2.75, 3.05) is 17.2 Å². The predicted octanol–water partition coefficient (Wildman–Crippen LogP) is 4.67. The van der Waals surface area contributed by atoms with Crippen molar-refractivity contribution in [3.63, 3.8) is 0 Å². The standard InChI is InChI=1S/C11H22O2S.C7H10N2/c12-11(13)9-7-5-3-1-2-4-6-8-10-14;1-5-2-3-6(8)7(9)4-5/h14H,1-10H2,(H,12,13);2-4H,8-9H2,1H3. The Morgan fingerprint density at radius 2 is 1.48 bits per heavy atom. The molecule has 1 aromatic carbocycles. The van der Waals surface area contributed by atoms with Gasteiger partial charge in [0.05, 0.1) is 11.4 Å². The van der Waals surface area contributed by atoms with Crippen molar-refractivity contribution in [1.29, 1.82) is 0 Å². The summed E-state index contributed by atoms with van der Waals surface area (Å²) in [5.41, 5.74) is 13.4. The van der Waals surface area contributed by atoms with Gasteiger partial charge in [-0.2, -0.15) is 12.6 Å². The highest BCUT2D eigenvalue weighted by atomic mass is 32.1. The molecule has 0 aliphatic heterocycles. The molecule has 0 aliphatic carbocycles. The number of hydrogen-bond acceptors (Lipinski definition) is 4. The molecule has 5 N–H and O–H groups in total. The summed E-state index contributed by atoms with van der Waals surface area (Å²) >= 11 is 4.16. The van der Waals surface area contributed by atoms with Gasteiger partial charge in [0.25, 0.3) is 0 Å². The molecule has 0 fully saturated rings. The minimum Gasteiger partial charge on any atom is -0.481 e. The first-order chi connectivity index (χ1) is 11.0. The van der Waals surface area contributed by atoms with E-state index < -0.39 is 5.97 Å². The van der Waals surface area contributed by atoms with Crippen molar-refractivity contribution >= 4 is 30.0 Å². The van der Waals surface area contributed by atoms with Crippen molar-refractivity contribution in [3.05, 3.63) is 23.8 Å². The summed E-state index contributed by atoms with van der Waals surface area (Å²) in [5.74, 6) is 0.331. The molecule has 1 rings (SSSR count). The number of carboxylic acid groups (broad SMARTS) is 1. The molecule has 0 spiro atoms. The zero-order chi connectivity index (χ0) is 17.5. The van der Waals surface area contributed by atoms with Gasteiger partial charge < -0.3 is 16.6 Å². The lowest BCUT2D eigenvalue weighted by Gasteiger charge is -2.00. The summed E-state index contributed by atoms with van der Waals surface area (Å²) in [6, 6.07) is 5.60. The molecule has 0 bridgehead atoms. The Bertz CT molecular complexity index is 439. The molecule has 23 heavy (non-hydrogen) atoms. The second-order valence-corrected chi connectivity index (χ2v) is 6.28. The third-order valence-electron chi connectivity index (χ3n) is 3.54. The van der Waals surface area contributed by atoms with E-state index in [-0.39, 0.29) is 0 Å². The first-order valence-corrected chi connectivity index (χ1v) is 9.05. The molecular formula is C18H32N2O2S. The van der Waals surface area contributed by atoms with Crippen LogP contribution in [-0.4, -0.2) is 16.8 Å². The number of thiol groups is 1. The van der Waals surface area contributed by atoms with Crippen LogP contribution in [0.15, 0.2) is 18.2 Å². The van der Waals surface area contributed by atoms with Gasteiger partial charge in [-0.1, -0.05) is 44.6 Å². The Morgan fingerprint density at radius 1 is 0.957 bits per heavy atom. The zero-order valence-corrected chi connectivity index (χ0v) is 15.2. The number of aliphatic carboxylic acids is 1. The van der Waals surface area contributed by atoms with Crippen LogP contribution in [0.3, 0.4) is 0 Å². The number of nitrogen functional groups attached to an aromatic ring is 2. The lowest BCUT2D eigenvalue weighted by molar-refractivity contribution is -0.137. The first kappa shape index (κ1) is 21.6. The molecule has 0 aliphatic rings. The summed E-state index contributed by atoms with van der Waals surface area (Å²) < 4.78 is 0. The average Bonchev–Trinajstić information content (AvgIpc) is 2.50. The van der Waals surface area contributed by atoms with Crippen molar-refractivity contribution in [2.24, 2.45) is 0 Å². The number of anilines is 2. The Morgan fingerprint density at radius 3 is 1.91 bits per heavy atom. The van der Waals surface area contributed by atoms with Gasteiger partial charge in [-0.25, -0.2) is 0 Å². The first-order valence-electron chi connectivity index (χ1n) is 8.41. The van der Waals surface area contributed by atoms with Crippen LogP contribution in [0, 0.1) is 6.92 Å². The molecule has 0 saturated carbocycles. The van der Waals surface area contributed by atoms with Crippen LogP contribution < -0.4 is 11.5 Å². The summed E-state index contributed by atoms with van der Waals surface area (Å²) in [5, 5.41) is 8.41. The maximum atomic E-state index is 10.2. The van der Waals surface area contributed by atoms with Crippen molar-refractivity contribution in [3.8, 4) is 0 Å². The van der Waals surface area contributed by atoms with Crippen molar-refractivity contribution in [2.45, 2.75) is 64.7 Å². The van der Waals surface area contributed by atoms with E-state index in [1.165, 1.54) is 38.5 Å². The second kappa shape index (κ2) is 14.2. The molecule has 5 heteroatoms. The van der Waals surface area contributed by atoms with Crippen LogP contribution in [0.4, 0.5) is 11.4 Å². The van der Waals surface area contributed by atoms with E-state index in [4.69, 9.17) is 16.6 Å². The fourth-order valence-electron chi connectivity index (χ4n) is 2.14. The third-order valence-corrected chi connectivity index (χ3v) is 3.86. The number of unbranched alkanes of at least 4 members (excludes halogenated alkanes) is 7. The summed E-state index contributed by atoms with van der Waals surface area (Å²) in [6.07, 6.45) is 9.80. The van der Waals surface area contributed by atoms with E-state index in [1.807, 2.05) is 25.1 Å². The number of aryl methyl sites for hydroxylation is 1. The largest absolute Gasteiger partial charge is 0.481 e. The van der Waals surface area contributed by atoms with Gasteiger partial charge in [-0.3, -0.25) is 4.79 Å². The van der Waals surface area contributed by atoms with Crippen LogP contribution >= 0.6 is 12.6 Å². The highest BCUT2D eigenvalue weighted by molar-refractivity contribution is 7.80. The number of nitrogens with two attached hydrogens (primary N) is 2. The molecule has 0 radical (unpaired) electrons. The van der Waals surface area contributed by atoms with Gasteiger partial charge in [0.1, 0.15) is 0 Å². The Labute approximate surface area is 146 Å². The highest BCUT2D eigenvalue weighted by Crippen LogP contribution is 2.14. The summed E-state index contributed by atoms with van der Waals surface area (Å²) in [7, 11) is 0. The van der Waals surface area contributed by atoms with Gasteiger partial charge in [0.15, 0.2) is 0 Å². The topological polar surface area (TPSA) is 89.3 Å². The molecule has 0 atom stereocenters. The number of hydrogen-bond donors (Lipinski definition) is 4. The van der Waals surface area contributed by atoms with E-state index in [9.17, 15) is 4.79 Å². The van der Waals surface area contributed by atoms with Gasteiger partial charge in [-0.05, 0) is 43.2 Å². The summed E-state index contributed by atoms with van der Waals surface area (Å²) in [4.78, 5) is 10.2. The molecule has 0 saturated heterocycles. The van der Waals surface area contributed by atoms with Crippen LogP contribution in [-0.2, 0) is 4.79 Å². The monoisotopic (exact) mass is 340 g/mol. The molecular weight excluding hydrogens is 308 g/mol. The SMILES string of the molecule is Cc1ccc(N)c(N)c1.O=C(O)CCCCCCCCCCS. The van der Waals surface area contributed by atoms with Crippen molar-refractivity contribution < 1.29 is 9.90 Å². The molecule has 0 aromatic heterocycles. The van der Waals surface area contributed by atoms with E-state index in [0.29, 0.717) is 17.8 Å². The van der Waals surface area contributed by atoms with Crippen LogP contribution in [0.5, 0.6) is 0 Å². The van der Waals surface area contributed by atoms with Gasteiger partial charge >= 0.3 is 5.97 Å². The van der Waals surface area contributed by atoms with Crippen LogP contribution in [0.25, 0.3) is 0 Å². The maximum absolute atomic E-state index is 10.2. The predicted molar refractivity (Wildman–Crippen MR) is 103 cm³/mol. The number of carbonyl (C=O) groups is 1. The summed E-state index contributed by atoms with van der Waals surface area (Å²) in [6.45, 7) is 1.98. The number of carboxylic acids is 1. The van der Waals surface area contributed by atoms with Gasteiger partial charge in [0, 0.05) is 6.42 Å². The smallest absolute Gasteiger partial charge is 0.303 e. The van der Waals surface area contributed by atoms with E-state index in [0.717, 1.165) is 24.2 Å². The Kier molecular flexibility index (Phi) is 13.4. The van der Waals surface area contributed by atoms with Gasteiger partial charge in [-0.15, -0.1) is 0 Å². The molecule has 1 aromatic rings. The van der Waals surface area contributed by atoms with E-state index >= 15 is 0 Å². The minimum atomic E-state index is -0.668. The molecule has 0 unspecified atom stereocenters. The Hall–Kier alpha value is -1.36. The lowest BCUT2D eigenvalue weighted by Crippen LogP contribution is -1.93. The van der Waals surface area contributed by atoms with Crippen LogP contribution in [0.2, 0.25) is 0 Å². The lowest BCUT2D eigenvalue weighted by atomic mass is 10.1. The Balaban J connectivity index is 0.000000459. The third kappa shape index (κ3) is 14.0. The van der Waals surface area contributed by atoms with Gasteiger partial charge in [0.2, 0.25) is 0 Å². The normalized spacial score (nSPS) is 10.0.